The van der Waals surface area contributed by atoms with Crippen LogP contribution >= 0.6 is 0 Å². The molecule has 1 N–H and O–H groups in total. The van der Waals surface area contributed by atoms with Crippen molar-refractivity contribution in [2.45, 2.75) is 26.2 Å². The summed E-state index contributed by atoms with van der Waals surface area (Å²) < 4.78 is 13.3. The molecule has 1 aromatic carbocycles. The molecular weight excluding hydrogens is 370 g/mol. The number of imidazole rings is 1. The first-order valence-electron chi connectivity index (χ1n) is 9.27. The van der Waals surface area contributed by atoms with Gasteiger partial charge in [0.15, 0.2) is 5.65 Å². The van der Waals surface area contributed by atoms with Crippen molar-refractivity contribution >= 4 is 11.2 Å². The van der Waals surface area contributed by atoms with E-state index in [1.165, 1.54) is 4.57 Å². The van der Waals surface area contributed by atoms with Gasteiger partial charge in [0.1, 0.15) is 22.8 Å². The molecule has 8 nitrogen and oxygen atoms in total. The van der Waals surface area contributed by atoms with Gasteiger partial charge in [-0.05, 0) is 25.1 Å². The van der Waals surface area contributed by atoms with Crippen molar-refractivity contribution in [2.75, 3.05) is 6.61 Å². The van der Waals surface area contributed by atoms with E-state index in [1.807, 2.05) is 18.2 Å². The van der Waals surface area contributed by atoms with Gasteiger partial charge in [-0.3, -0.25) is 9.55 Å². The molecule has 1 aliphatic heterocycles. The van der Waals surface area contributed by atoms with Crippen LogP contribution in [0.15, 0.2) is 47.5 Å². The quantitative estimate of drug-likeness (QED) is 0.578. The van der Waals surface area contributed by atoms with E-state index in [0.717, 1.165) is 17.1 Å². The number of fused-ring (bicyclic) bond motifs is 2. The van der Waals surface area contributed by atoms with Gasteiger partial charge in [-0.1, -0.05) is 19.9 Å². The second kappa shape index (κ2) is 6.16. The topological polar surface area (TPSA) is 94.9 Å². The molecule has 0 atom stereocenters. The molecule has 0 bridgehead atoms. The fourth-order valence-corrected chi connectivity index (χ4v) is 3.63. The van der Waals surface area contributed by atoms with Crippen LogP contribution in [0.25, 0.3) is 16.9 Å². The minimum Gasteiger partial charge on any atom is -0.492 e. The molecule has 5 rings (SSSR count). The first-order valence-corrected chi connectivity index (χ1v) is 9.27. The number of nitrogens with zero attached hydrogens (tertiary/aromatic N) is 4. The summed E-state index contributed by atoms with van der Waals surface area (Å²) in [5.41, 5.74) is 2.28. The highest BCUT2D eigenvalue weighted by Gasteiger charge is 2.35. The van der Waals surface area contributed by atoms with Crippen molar-refractivity contribution in [3.8, 4) is 23.1 Å². The lowest BCUT2D eigenvalue weighted by Crippen LogP contribution is -2.19. The average molecular weight is 389 g/mol. The Morgan fingerprint density at radius 1 is 1.17 bits per heavy atom. The van der Waals surface area contributed by atoms with E-state index in [2.05, 4.69) is 33.8 Å². The summed E-state index contributed by atoms with van der Waals surface area (Å²) in [4.78, 5) is 28.0. The predicted octanol–water partition coefficient (Wildman–Crippen LogP) is 3.27. The standard InChI is InChI=1S/C21H19N5O3/c1-12-22-10-14-19(24-12)25-20(27)26(14)13-7-8-17(23-9-13)29-16-6-4-5-15-18(16)21(2,3)11-28-15/h4-10H,11H2,1-3H3,(H,22,24,25,27). The highest BCUT2D eigenvalue weighted by atomic mass is 16.5. The average Bonchev–Trinajstić information content (AvgIpc) is 3.18. The predicted molar refractivity (Wildman–Crippen MR) is 107 cm³/mol. The van der Waals surface area contributed by atoms with Crippen LogP contribution in [0.4, 0.5) is 0 Å². The molecule has 0 aliphatic carbocycles. The summed E-state index contributed by atoms with van der Waals surface area (Å²) in [5, 5.41) is 0. The SMILES string of the molecule is Cc1ncc2c(n1)[nH]c(=O)n2-c1ccc(Oc2cccc3c2C(C)(C)CO3)nc1. The Labute approximate surface area is 166 Å². The number of aromatic amines is 1. The lowest BCUT2D eigenvalue weighted by atomic mass is 9.86. The van der Waals surface area contributed by atoms with Gasteiger partial charge in [0, 0.05) is 17.0 Å². The maximum absolute atomic E-state index is 12.4. The fourth-order valence-electron chi connectivity index (χ4n) is 3.63. The minimum atomic E-state index is -0.296. The van der Waals surface area contributed by atoms with Crippen molar-refractivity contribution in [3.63, 3.8) is 0 Å². The van der Waals surface area contributed by atoms with E-state index in [4.69, 9.17) is 9.47 Å². The molecule has 0 radical (unpaired) electrons. The van der Waals surface area contributed by atoms with Crippen LogP contribution in [0.3, 0.4) is 0 Å². The molecule has 1 aliphatic rings. The third-order valence-electron chi connectivity index (χ3n) is 5.01. The molecular formula is C21H19N5O3. The van der Waals surface area contributed by atoms with Gasteiger partial charge in [-0.25, -0.2) is 19.7 Å². The van der Waals surface area contributed by atoms with Gasteiger partial charge in [-0.2, -0.15) is 0 Å². The normalized spacial score (nSPS) is 14.6. The molecule has 0 saturated heterocycles. The van der Waals surface area contributed by atoms with Crippen LogP contribution in [0.1, 0.15) is 25.2 Å². The first-order chi connectivity index (χ1) is 13.9. The molecule has 146 valence electrons. The number of hydrogen-bond acceptors (Lipinski definition) is 6. The summed E-state index contributed by atoms with van der Waals surface area (Å²) in [5.74, 6) is 2.59. The lowest BCUT2D eigenvalue weighted by Gasteiger charge is -2.18. The van der Waals surface area contributed by atoms with Gasteiger partial charge >= 0.3 is 5.69 Å². The van der Waals surface area contributed by atoms with E-state index >= 15 is 0 Å². The Morgan fingerprint density at radius 2 is 2.03 bits per heavy atom. The Morgan fingerprint density at radius 3 is 2.83 bits per heavy atom. The van der Waals surface area contributed by atoms with E-state index in [1.54, 1.807) is 31.5 Å². The van der Waals surface area contributed by atoms with Crippen LogP contribution in [0.2, 0.25) is 0 Å². The zero-order chi connectivity index (χ0) is 20.2. The second-order valence-electron chi connectivity index (χ2n) is 7.68. The molecule has 0 unspecified atom stereocenters. The molecule has 4 heterocycles. The number of H-pyrrole nitrogens is 1. The van der Waals surface area contributed by atoms with Crippen molar-refractivity contribution in [3.05, 3.63) is 64.6 Å². The molecule has 0 saturated carbocycles. The monoisotopic (exact) mass is 389 g/mol. The summed E-state index contributed by atoms with van der Waals surface area (Å²) in [6.45, 7) is 6.63. The number of aromatic nitrogens is 5. The minimum absolute atomic E-state index is 0.138. The van der Waals surface area contributed by atoms with Crippen molar-refractivity contribution in [2.24, 2.45) is 0 Å². The molecule has 0 fully saturated rings. The van der Waals surface area contributed by atoms with Gasteiger partial charge in [0.05, 0.1) is 24.7 Å². The van der Waals surface area contributed by atoms with E-state index in [0.29, 0.717) is 35.2 Å². The first kappa shape index (κ1) is 17.4. The molecule has 29 heavy (non-hydrogen) atoms. The van der Waals surface area contributed by atoms with Crippen LogP contribution in [0.5, 0.6) is 17.4 Å². The number of benzene rings is 1. The third-order valence-corrected chi connectivity index (χ3v) is 5.01. The molecule has 3 aromatic heterocycles. The van der Waals surface area contributed by atoms with Crippen molar-refractivity contribution in [1.29, 1.82) is 0 Å². The number of hydrogen-bond donors (Lipinski definition) is 1. The second-order valence-corrected chi connectivity index (χ2v) is 7.68. The Kier molecular flexibility index (Phi) is 3.70. The maximum Gasteiger partial charge on any atom is 0.332 e. The number of ether oxygens (including phenoxy) is 2. The Balaban J connectivity index is 1.50. The number of aryl methyl sites for hydroxylation is 1. The third kappa shape index (κ3) is 2.84. The lowest BCUT2D eigenvalue weighted by molar-refractivity contribution is 0.290. The van der Waals surface area contributed by atoms with Crippen LogP contribution in [0, 0.1) is 6.92 Å². The van der Waals surface area contributed by atoms with E-state index in [9.17, 15) is 4.79 Å². The fraction of sp³-hybridized carbons (Fsp3) is 0.238. The van der Waals surface area contributed by atoms with Gasteiger partial charge in [0.25, 0.3) is 0 Å². The van der Waals surface area contributed by atoms with Gasteiger partial charge in [0.2, 0.25) is 5.88 Å². The molecule has 8 heteroatoms. The zero-order valence-corrected chi connectivity index (χ0v) is 16.3. The molecule has 4 aromatic rings. The Hall–Kier alpha value is -3.68. The maximum atomic E-state index is 12.4. The summed E-state index contributed by atoms with van der Waals surface area (Å²) >= 11 is 0. The van der Waals surface area contributed by atoms with Crippen LogP contribution in [-0.2, 0) is 5.41 Å². The smallest absolute Gasteiger partial charge is 0.332 e. The number of nitrogens with one attached hydrogen (secondary N) is 1. The number of pyridine rings is 1. The zero-order valence-electron chi connectivity index (χ0n) is 16.3. The van der Waals surface area contributed by atoms with Crippen LogP contribution in [-0.4, -0.2) is 31.1 Å². The van der Waals surface area contributed by atoms with Gasteiger partial charge < -0.3 is 9.47 Å². The van der Waals surface area contributed by atoms with Gasteiger partial charge in [-0.15, -0.1) is 0 Å². The molecule has 0 amide bonds. The van der Waals surface area contributed by atoms with Crippen molar-refractivity contribution < 1.29 is 9.47 Å². The highest BCUT2D eigenvalue weighted by Crippen LogP contribution is 2.45. The van der Waals surface area contributed by atoms with Crippen LogP contribution < -0.4 is 15.2 Å². The largest absolute Gasteiger partial charge is 0.492 e. The van der Waals surface area contributed by atoms with E-state index < -0.39 is 0 Å². The Bertz CT molecular complexity index is 1290. The number of rotatable bonds is 3. The van der Waals surface area contributed by atoms with E-state index in [-0.39, 0.29) is 11.1 Å². The highest BCUT2D eigenvalue weighted by molar-refractivity contribution is 5.72. The molecule has 0 spiro atoms. The van der Waals surface area contributed by atoms with Crippen molar-refractivity contribution in [1.82, 2.24) is 24.5 Å². The summed E-state index contributed by atoms with van der Waals surface area (Å²) in [6.07, 6.45) is 3.21. The summed E-state index contributed by atoms with van der Waals surface area (Å²) in [7, 11) is 0. The summed E-state index contributed by atoms with van der Waals surface area (Å²) in [6, 6.07) is 9.27.